The summed E-state index contributed by atoms with van der Waals surface area (Å²) in [4.78, 5) is 11.2. The van der Waals surface area contributed by atoms with E-state index in [0.29, 0.717) is 6.54 Å². The van der Waals surface area contributed by atoms with E-state index in [1.54, 1.807) is 0 Å². The maximum absolute atomic E-state index is 11.2. The van der Waals surface area contributed by atoms with E-state index in [1.165, 1.54) is 0 Å². The standard InChI is InChI=1S/C16H20BrN3O2/c1-10(2)15(16(21)22)18-8-12-9-20(19-11(12)3)14-6-4-13(17)5-7-14/h4-7,9-10,15,18H,8H2,1-3H3,(H,21,22)/t15-/m0/s1. The van der Waals surface area contributed by atoms with Gasteiger partial charge in [0.1, 0.15) is 6.04 Å². The molecule has 0 amide bonds. The smallest absolute Gasteiger partial charge is 0.320 e. The molecule has 0 unspecified atom stereocenters. The molecule has 1 aromatic carbocycles. The molecule has 0 aliphatic heterocycles. The van der Waals surface area contributed by atoms with E-state index < -0.39 is 12.0 Å². The molecule has 2 aromatic rings. The van der Waals surface area contributed by atoms with Crippen LogP contribution in [0, 0.1) is 12.8 Å². The Balaban J connectivity index is 2.13. The van der Waals surface area contributed by atoms with Gasteiger partial charge >= 0.3 is 5.97 Å². The number of benzene rings is 1. The molecule has 0 spiro atoms. The van der Waals surface area contributed by atoms with Crippen molar-refractivity contribution in [2.24, 2.45) is 5.92 Å². The molecule has 0 aliphatic carbocycles. The molecular formula is C16H20BrN3O2. The van der Waals surface area contributed by atoms with Crippen molar-refractivity contribution in [2.75, 3.05) is 0 Å². The third kappa shape index (κ3) is 3.96. The van der Waals surface area contributed by atoms with Crippen molar-refractivity contribution < 1.29 is 9.90 Å². The molecule has 5 nitrogen and oxygen atoms in total. The molecule has 2 N–H and O–H groups in total. The van der Waals surface area contributed by atoms with Gasteiger partial charge in [0, 0.05) is 22.8 Å². The summed E-state index contributed by atoms with van der Waals surface area (Å²) < 4.78 is 2.83. The molecule has 0 saturated carbocycles. The average molecular weight is 366 g/mol. The summed E-state index contributed by atoms with van der Waals surface area (Å²) in [5.41, 5.74) is 2.86. The van der Waals surface area contributed by atoms with Gasteiger partial charge in [-0.25, -0.2) is 4.68 Å². The zero-order valence-corrected chi connectivity index (χ0v) is 14.5. The third-order valence-electron chi connectivity index (χ3n) is 3.54. The number of halogens is 1. The SMILES string of the molecule is Cc1nn(-c2ccc(Br)cc2)cc1CN[C@H](C(=O)O)C(C)C. The molecule has 0 bridgehead atoms. The topological polar surface area (TPSA) is 67.2 Å². The number of nitrogens with zero attached hydrogens (tertiary/aromatic N) is 2. The highest BCUT2D eigenvalue weighted by atomic mass is 79.9. The average Bonchev–Trinajstić information content (AvgIpc) is 2.80. The Kier molecular flexibility index (Phi) is 5.37. The van der Waals surface area contributed by atoms with Crippen molar-refractivity contribution in [3.63, 3.8) is 0 Å². The second kappa shape index (κ2) is 7.07. The van der Waals surface area contributed by atoms with Gasteiger partial charge in [-0.1, -0.05) is 29.8 Å². The second-order valence-electron chi connectivity index (χ2n) is 5.60. The van der Waals surface area contributed by atoms with Crippen LogP contribution in [0.4, 0.5) is 0 Å². The lowest BCUT2D eigenvalue weighted by atomic mass is 10.0. The number of hydrogen-bond acceptors (Lipinski definition) is 3. The lowest BCUT2D eigenvalue weighted by Gasteiger charge is -2.17. The number of aryl methyl sites for hydroxylation is 1. The van der Waals surface area contributed by atoms with Crippen LogP contribution in [0.3, 0.4) is 0 Å². The Morgan fingerprint density at radius 2 is 2.00 bits per heavy atom. The molecule has 0 saturated heterocycles. The molecule has 118 valence electrons. The normalized spacial score (nSPS) is 12.6. The Morgan fingerprint density at radius 1 is 1.36 bits per heavy atom. The predicted molar refractivity (Wildman–Crippen MR) is 89.1 cm³/mol. The van der Waals surface area contributed by atoms with Gasteiger partial charge in [0.25, 0.3) is 0 Å². The van der Waals surface area contributed by atoms with Gasteiger partial charge in [-0.15, -0.1) is 0 Å². The number of carboxylic acid groups (broad SMARTS) is 1. The summed E-state index contributed by atoms with van der Waals surface area (Å²) in [6.45, 7) is 6.20. The Hall–Kier alpha value is -1.66. The van der Waals surface area contributed by atoms with Gasteiger partial charge in [0.15, 0.2) is 0 Å². The first-order chi connectivity index (χ1) is 10.4. The lowest BCUT2D eigenvalue weighted by molar-refractivity contribution is -0.140. The van der Waals surface area contributed by atoms with Crippen LogP contribution in [-0.2, 0) is 11.3 Å². The summed E-state index contributed by atoms with van der Waals surface area (Å²) in [6.07, 6.45) is 1.94. The van der Waals surface area contributed by atoms with E-state index in [9.17, 15) is 9.90 Å². The number of rotatable bonds is 6. The fourth-order valence-electron chi connectivity index (χ4n) is 2.22. The van der Waals surface area contributed by atoms with Crippen LogP contribution in [-0.4, -0.2) is 26.9 Å². The van der Waals surface area contributed by atoms with Crippen LogP contribution in [0.5, 0.6) is 0 Å². The van der Waals surface area contributed by atoms with Crippen molar-refractivity contribution in [3.8, 4) is 5.69 Å². The highest BCUT2D eigenvalue weighted by molar-refractivity contribution is 9.10. The van der Waals surface area contributed by atoms with E-state index in [2.05, 4.69) is 26.3 Å². The van der Waals surface area contributed by atoms with Gasteiger partial charge in [0.05, 0.1) is 11.4 Å². The summed E-state index contributed by atoms with van der Waals surface area (Å²) >= 11 is 3.41. The van der Waals surface area contributed by atoms with Crippen molar-refractivity contribution >= 4 is 21.9 Å². The molecule has 1 atom stereocenters. The summed E-state index contributed by atoms with van der Waals surface area (Å²) in [7, 11) is 0. The molecule has 0 radical (unpaired) electrons. The predicted octanol–water partition coefficient (Wildman–Crippen LogP) is 3.14. The van der Waals surface area contributed by atoms with E-state index in [4.69, 9.17) is 0 Å². The number of carboxylic acids is 1. The van der Waals surface area contributed by atoms with Crippen molar-refractivity contribution in [3.05, 3.63) is 46.2 Å². The summed E-state index contributed by atoms with van der Waals surface area (Å²) in [5, 5.41) is 16.8. The van der Waals surface area contributed by atoms with Crippen molar-refractivity contribution in [1.82, 2.24) is 15.1 Å². The van der Waals surface area contributed by atoms with Crippen molar-refractivity contribution in [2.45, 2.75) is 33.4 Å². The molecule has 6 heteroatoms. The third-order valence-corrected chi connectivity index (χ3v) is 4.07. The lowest BCUT2D eigenvalue weighted by Crippen LogP contribution is -2.40. The van der Waals surface area contributed by atoms with Gasteiger partial charge in [-0.05, 0) is 37.1 Å². The minimum absolute atomic E-state index is 0.0272. The van der Waals surface area contributed by atoms with E-state index in [0.717, 1.165) is 21.4 Å². The maximum Gasteiger partial charge on any atom is 0.320 e. The first kappa shape index (κ1) is 16.7. The van der Waals surface area contributed by atoms with E-state index >= 15 is 0 Å². The monoisotopic (exact) mass is 365 g/mol. The summed E-state index contributed by atoms with van der Waals surface area (Å²) in [5.74, 6) is -0.799. The minimum atomic E-state index is -0.826. The quantitative estimate of drug-likeness (QED) is 0.824. The first-order valence-electron chi connectivity index (χ1n) is 7.15. The van der Waals surface area contributed by atoms with Gasteiger partial charge in [-0.2, -0.15) is 5.10 Å². The summed E-state index contributed by atoms with van der Waals surface area (Å²) in [6, 6.07) is 7.31. The Morgan fingerprint density at radius 3 is 2.55 bits per heavy atom. The van der Waals surface area contributed by atoms with E-state index in [-0.39, 0.29) is 5.92 Å². The molecule has 1 aromatic heterocycles. The second-order valence-corrected chi connectivity index (χ2v) is 6.52. The number of aliphatic carboxylic acids is 1. The largest absolute Gasteiger partial charge is 0.480 e. The maximum atomic E-state index is 11.2. The minimum Gasteiger partial charge on any atom is -0.480 e. The molecule has 22 heavy (non-hydrogen) atoms. The van der Waals surface area contributed by atoms with Crippen LogP contribution in [0.15, 0.2) is 34.9 Å². The first-order valence-corrected chi connectivity index (χ1v) is 7.95. The molecule has 0 aliphatic rings. The number of aromatic nitrogens is 2. The van der Waals surface area contributed by atoms with E-state index in [1.807, 2.05) is 55.9 Å². The fourth-order valence-corrected chi connectivity index (χ4v) is 2.49. The number of carbonyl (C=O) groups is 1. The number of nitrogens with one attached hydrogen (secondary N) is 1. The Bertz CT molecular complexity index is 650. The van der Waals surface area contributed by atoms with Crippen LogP contribution in [0.25, 0.3) is 5.69 Å². The van der Waals surface area contributed by atoms with Gasteiger partial charge < -0.3 is 5.11 Å². The highest BCUT2D eigenvalue weighted by Gasteiger charge is 2.21. The highest BCUT2D eigenvalue weighted by Crippen LogP contribution is 2.16. The molecule has 0 fully saturated rings. The van der Waals surface area contributed by atoms with Gasteiger partial charge in [-0.3, -0.25) is 10.1 Å². The zero-order chi connectivity index (χ0) is 16.3. The van der Waals surface area contributed by atoms with Crippen molar-refractivity contribution in [1.29, 1.82) is 0 Å². The van der Waals surface area contributed by atoms with Crippen LogP contribution in [0.2, 0.25) is 0 Å². The number of hydrogen-bond donors (Lipinski definition) is 2. The van der Waals surface area contributed by atoms with Gasteiger partial charge in [0.2, 0.25) is 0 Å². The molecule has 1 heterocycles. The van der Waals surface area contributed by atoms with Crippen LogP contribution < -0.4 is 5.32 Å². The fraction of sp³-hybridized carbons (Fsp3) is 0.375. The van der Waals surface area contributed by atoms with Crippen LogP contribution >= 0.6 is 15.9 Å². The Labute approximate surface area is 138 Å². The molecule has 2 rings (SSSR count). The van der Waals surface area contributed by atoms with Crippen LogP contribution in [0.1, 0.15) is 25.1 Å². The molecular weight excluding hydrogens is 346 g/mol. The zero-order valence-electron chi connectivity index (χ0n) is 12.9.